The molecule has 3 nitrogen and oxygen atoms in total. The van der Waals surface area contributed by atoms with E-state index in [0.29, 0.717) is 0 Å². The Bertz CT molecular complexity index is 2820. The Labute approximate surface area is 299 Å². The molecule has 3 aromatic heterocycles. The Morgan fingerprint density at radius 1 is 0.824 bits per heavy atom. The Kier molecular flexibility index (Phi) is 8.20. The standard InChI is InChI=1S/C48H41N3/c1-7-16-37-36(10-4)31(6)41(39-19-12-11-18-38(37)39)28-32(8-2)30(5)27-33(9-3)35-23-25-44-42(29-35)46-40(24-22-34-17-15-26-49-47(34)46)48-50-43-20-13-14-21-45(43)51(44)48/h7,9,11-29H,3,5,8,10H2,1-2,4,6H3/b16-7-,32-28+,33-27+. The predicted octanol–water partition coefficient (Wildman–Crippen LogP) is 13.0. The summed E-state index contributed by atoms with van der Waals surface area (Å²) in [7, 11) is 0. The fourth-order valence-electron chi connectivity index (χ4n) is 7.98. The zero-order chi connectivity index (χ0) is 35.2. The van der Waals surface area contributed by atoms with E-state index in [9.17, 15) is 0 Å². The average molecular weight is 660 g/mol. The highest BCUT2D eigenvalue weighted by atomic mass is 15.0. The van der Waals surface area contributed by atoms with Gasteiger partial charge >= 0.3 is 0 Å². The molecule has 0 fully saturated rings. The number of para-hydroxylation sites is 2. The first-order chi connectivity index (χ1) is 25.0. The summed E-state index contributed by atoms with van der Waals surface area (Å²) >= 11 is 0. The second-order valence-electron chi connectivity index (χ2n) is 13.2. The van der Waals surface area contributed by atoms with E-state index in [1.807, 2.05) is 24.4 Å². The fraction of sp³-hybridized carbons (Fsp3) is 0.125. The number of imidazole rings is 1. The largest absolute Gasteiger partial charge is 0.292 e. The highest BCUT2D eigenvalue weighted by Crippen LogP contribution is 2.38. The zero-order valence-electron chi connectivity index (χ0n) is 29.8. The Morgan fingerprint density at radius 3 is 2.37 bits per heavy atom. The molecule has 0 saturated heterocycles. The monoisotopic (exact) mass is 659 g/mol. The number of hydrogen-bond donors (Lipinski definition) is 0. The van der Waals surface area contributed by atoms with Gasteiger partial charge in [0.2, 0.25) is 0 Å². The van der Waals surface area contributed by atoms with Crippen LogP contribution in [0.3, 0.4) is 0 Å². The van der Waals surface area contributed by atoms with Crippen LogP contribution in [-0.4, -0.2) is 14.4 Å². The minimum absolute atomic E-state index is 0.858. The Hall–Kier alpha value is -6.06. The molecule has 0 atom stereocenters. The second-order valence-corrected chi connectivity index (χ2v) is 13.2. The van der Waals surface area contributed by atoms with Crippen molar-refractivity contribution in [3.63, 3.8) is 0 Å². The van der Waals surface area contributed by atoms with Gasteiger partial charge in [0.05, 0.1) is 22.1 Å². The Morgan fingerprint density at radius 2 is 1.61 bits per heavy atom. The molecule has 0 unspecified atom stereocenters. The van der Waals surface area contributed by atoms with Crippen LogP contribution in [0.15, 0.2) is 140 Å². The minimum Gasteiger partial charge on any atom is -0.292 e. The maximum Gasteiger partial charge on any atom is 0.146 e. The quantitative estimate of drug-likeness (QED) is 0.120. The number of hydrogen-bond acceptors (Lipinski definition) is 2. The maximum absolute atomic E-state index is 5.11. The van der Waals surface area contributed by atoms with E-state index in [1.54, 1.807) is 0 Å². The smallest absolute Gasteiger partial charge is 0.146 e. The summed E-state index contributed by atoms with van der Waals surface area (Å²) in [6, 6.07) is 32.3. The van der Waals surface area contributed by atoms with Gasteiger partial charge in [-0.25, -0.2) is 4.98 Å². The molecule has 0 bridgehead atoms. The van der Waals surface area contributed by atoms with Crippen LogP contribution >= 0.6 is 0 Å². The van der Waals surface area contributed by atoms with Gasteiger partial charge in [0.1, 0.15) is 5.65 Å². The number of aromatic nitrogens is 3. The summed E-state index contributed by atoms with van der Waals surface area (Å²) in [5.74, 6) is 0. The van der Waals surface area contributed by atoms with Gasteiger partial charge in [-0.1, -0.05) is 106 Å². The molecule has 0 spiro atoms. The number of nitrogens with zero attached hydrogens (tertiary/aromatic N) is 3. The first-order valence-electron chi connectivity index (χ1n) is 17.9. The number of rotatable bonds is 8. The summed E-state index contributed by atoms with van der Waals surface area (Å²) in [5.41, 5.74) is 14.7. The first-order valence-corrected chi connectivity index (χ1v) is 17.9. The highest BCUT2D eigenvalue weighted by molar-refractivity contribution is 6.23. The molecular weight excluding hydrogens is 619 g/mol. The minimum atomic E-state index is 0.858. The van der Waals surface area contributed by atoms with Gasteiger partial charge in [-0.05, 0) is 124 Å². The van der Waals surface area contributed by atoms with Crippen LogP contribution in [0.5, 0.6) is 0 Å². The molecule has 0 amide bonds. The van der Waals surface area contributed by atoms with Gasteiger partial charge in [0, 0.05) is 27.7 Å². The molecule has 5 aromatic carbocycles. The third kappa shape index (κ3) is 5.20. The number of benzene rings is 5. The van der Waals surface area contributed by atoms with Crippen molar-refractivity contribution < 1.29 is 0 Å². The molecule has 8 rings (SSSR count). The predicted molar refractivity (Wildman–Crippen MR) is 221 cm³/mol. The number of fused-ring (bicyclic) bond motifs is 11. The lowest BCUT2D eigenvalue weighted by molar-refractivity contribution is 1.10. The van der Waals surface area contributed by atoms with E-state index in [2.05, 4.69) is 148 Å². The zero-order valence-corrected chi connectivity index (χ0v) is 29.8. The van der Waals surface area contributed by atoms with Gasteiger partial charge in [-0.2, -0.15) is 0 Å². The molecule has 3 heterocycles. The lowest BCUT2D eigenvalue weighted by atomic mass is 9.86. The third-order valence-corrected chi connectivity index (χ3v) is 10.5. The molecule has 51 heavy (non-hydrogen) atoms. The van der Waals surface area contributed by atoms with E-state index in [-0.39, 0.29) is 0 Å². The highest BCUT2D eigenvalue weighted by Gasteiger charge is 2.18. The molecule has 3 heteroatoms. The van der Waals surface area contributed by atoms with Gasteiger partial charge in [-0.3, -0.25) is 9.38 Å². The molecule has 0 saturated carbocycles. The molecule has 0 N–H and O–H groups in total. The van der Waals surface area contributed by atoms with E-state index >= 15 is 0 Å². The lowest BCUT2D eigenvalue weighted by Crippen LogP contribution is -1.99. The molecule has 0 radical (unpaired) electrons. The van der Waals surface area contributed by atoms with Gasteiger partial charge in [0.25, 0.3) is 0 Å². The second kappa shape index (κ2) is 13.0. The summed E-state index contributed by atoms with van der Waals surface area (Å²) in [5, 5.41) is 6.99. The van der Waals surface area contributed by atoms with Crippen LogP contribution < -0.4 is 0 Å². The third-order valence-electron chi connectivity index (χ3n) is 10.5. The Balaban J connectivity index is 1.32. The number of pyridine rings is 2. The van der Waals surface area contributed by atoms with Crippen molar-refractivity contribution in [1.82, 2.24) is 14.4 Å². The summed E-state index contributed by atoms with van der Waals surface area (Å²) in [6.07, 6.45) is 14.6. The van der Waals surface area contributed by atoms with Gasteiger partial charge in [-0.15, -0.1) is 0 Å². The molecule has 248 valence electrons. The topological polar surface area (TPSA) is 30.2 Å². The van der Waals surface area contributed by atoms with Crippen molar-refractivity contribution >= 4 is 77.8 Å². The van der Waals surface area contributed by atoms with Crippen molar-refractivity contribution in [2.75, 3.05) is 0 Å². The van der Waals surface area contributed by atoms with Crippen molar-refractivity contribution in [3.8, 4) is 0 Å². The summed E-state index contributed by atoms with van der Waals surface area (Å²) in [6.45, 7) is 17.7. The van der Waals surface area contributed by atoms with E-state index in [1.165, 1.54) is 38.6 Å². The van der Waals surface area contributed by atoms with Crippen LogP contribution in [0.25, 0.3) is 77.8 Å². The molecule has 8 aromatic rings. The lowest BCUT2D eigenvalue weighted by Gasteiger charge is -2.18. The van der Waals surface area contributed by atoms with Crippen LogP contribution in [0.1, 0.15) is 55.0 Å². The average Bonchev–Trinajstić information content (AvgIpc) is 3.56. The molecular formula is C48H41N3. The normalized spacial score (nSPS) is 12.8. The number of allylic oxidation sites excluding steroid dienone is 6. The van der Waals surface area contributed by atoms with Crippen LogP contribution in [-0.2, 0) is 6.42 Å². The van der Waals surface area contributed by atoms with E-state index in [0.717, 1.165) is 78.8 Å². The van der Waals surface area contributed by atoms with Crippen LogP contribution in [0.4, 0.5) is 0 Å². The summed E-state index contributed by atoms with van der Waals surface area (Å²) in [4.78, 5) is 10.0. The van der Waals surface area contributed by atoms with E-state index < -0.39 is 0 Å². The SMILES string of the molecule is C=C/C(=C\C(=C)/C(=C/c1c(C)c(CC)c(/C=C\C)c2ccccc12)CC)c1ccc2c(c1)c1c(ccc3cccnc31)c1nc3ccccc3n21. The first kappa shape index (κ1) is 32.2. The van der Waals surface area contributed by atoms with Gasteiger partial charge in [0.15, 0.2) is 0 Å². The van der Waals surface area contributed by atoms with Crippen molar-refractivity contribution in [2.24, 2.45) is 0 Å². The van der Waals surface area contributed by atoms with Crippen LogP contribution in [0, 0.1) is 6.92 Å². The summed E-state index contributed by atoms with van der Waals surface area (Å²) < 4.78 is 2.29. The van der Waals surface area contributed by atoms with Gasteiger partial charge < -0.3 is 0 Å². The maximum atomic E-state index is 5.11. The molecule has 0 aliphatic rings. The van der Waals surface area contributed by atoms with Crippen molar-refractivity contribution in [1.29, 1.82) is 0 Å². The van der Waals surface area contributed by atoms with Crippen molar-refractivity contribution in [2.45, 2.75) is 40.5 Å². The molecule has 0 aliphatic heterocycles. The molecule has 0 aliphatic carbocycles. The van der Waals surface area contributed by atoms with Crippen molar-refractivity contribution in [3.05, 3.63) is 168 Å². The fourth-order valence-corrected chi connectivity index (χ4v) is 7.98. The van der Waals surface area contributed by atoms with Crippen LogP contribution in [0.2, 0.25) is 0 Å². The van der Waals surface area contributed by atoms with E-state index in [4.69, 9.17) is 9.97 Å².